The van der Waals surface area contributed by atoms with Crippen LogP contribution in [0.25, 0.3) is 5.65 Å². The van der Waals surface area contributed by atoms with Crippen molar-refractivity contribution in [2.45, 2.75) is 32.0 Å². The van der Waals surface area contributed by atoms with E-state index in [9.17, 15) is 18.0 Å². The highest BCUT2D eigenvalue weighted by molar-refractivity contribution is 6.00. The molecule has 1 amide bonds. The monoisotopic (exact) mass is 364 g/mol. The van der Waals surface area contributed by atoms with Crippen molar-refractivity contribution in [1.29, 1.82) is 0 Å². The fourth-order valence-electron chi connectivity index (χ4n) is 3.38. The molecule has 1 aliphatic rings. The van der Waals surface area contributed by atoms with Gasteiger partial charge < -0.3 is 9.32 Å². The van der Waals surface area contributed by atoms with Gasteiger partial charge in [0.1, 0.15) is 17.0 Å². The van der Waals surface area contributed by atoms with E-state index in [1.54, 1.807) is 17.0 Å². The van der Waals surface area contributed by atoms with Crippen molar-refractivity contribution in [3.63, 3.8) is 0 Å². The minimum Gasteiger partial charge on any atom is -0.467 e. The molecule has 0 unspecified atom stereocenters. The maximum Gasteiger partial charge on any atom is 0.433 e. The summed E-state index contributed by atoms with van der Waals surface area (Å²) in [5.74, 6) is 0.262. The molecule has 1 fully saturated rings. The van der Waals surface area contributed by atoms with Gasteiger partial charge in [0.15, 0.2) is 5.65 Å². The molecule has 136 valence electrons. The van der Waals surface area contributed by atoms with Gasteiger partial charge in [-0.3, -0.25) is 4.79 Å². The summed E-state index contributed by atoms with van der Waals surface area (Å²) in [5, 5.41) is 3.77. The lowest BCUT2D eigenvalue weighted by molar-refractivity contribution is -0.142. The van der Waals surface area contributed by atoms with Gasteiger partial charge in [0, 0.05) is 12.2 Å². The minimum atomic E-state index is -4.59. The van der Waals surface area contributed by atoms with Gasteiger partial charge in [-0.05, 0) is 38.0 Å². The molecule has 0 radical (unpaired) electrons. The van der Waals surface area contributed by atoms with Crippen molar-refractivity contribution in [3.05, 3.63) is 53.4 Å². The molecule has 0 aliphatic carbocycles. The number of rotatable bonds is 2. The van der Waals surface area contributed by atoms with Crippen LogP contribution < -0.4 is 0 Å². The molecule has 0 aromatic carbocycles. The Morgan fingerprint density at radius 3 is 2.88 bits per heavy atom. The van der Waals surface area contributed by atoms with E-state index in [0.29, 0.717) is 16.8 Å². The summed E-state index contributed by atoms with van der Waals surface area (Å²) < 4.78 is 45.9. The minimum absolute atomic E-state index is 0.0534. The lowest BCUT2D eigenvalue weighted by Gasteiger charge is -2.22. The number of alkyl halides is 3. The molecule has 4 rings (SSSR count). The molecule has 6 nitrogen and oxygen atoms in total. The quantitative estimate of drug-likeness (QED) is 0.697. The number of fused-ring (bicyclic) bond motifs is 1. The number of nitrogens with zero attached hydrogens (tertiary/aromatic N) is 4. The number of aromatic nitrogens is 3. The SMILES string of the molecule is Cc1cc(C(F)(F)F)n2ncc(C(=O)N3CCC[C@H]3c3ccco3)c2n1. The molecule has 1 saturated heterocycles. The second-order valence-electron chi connectivity index (χ2n) is 6.25. The van der Waals surface area contributed by atoms with Crippen molar-refractivity contribution in [3.8, 4) is 0 Å². The van der Waals surface area contributed by atoms with Crippen LogP contribution in [0.3, 0.4) is 0 Å². The summed E-state index contributed by atoms with van der Waals surface area (Å²) in [6.07, 6.45) is -0.388. The molecule has 4 heterocycles. The van der Waals surface area contributed by atoms with Gasteiger partial charge >= 0.3 is 6.18 Å². The Hall–Kier alpha value is -2.84. The van der Waals surface area contributed by atoms with Crippen LogP contribution in [0.15, 0.2) is 35.1 Å². The van der Waals surface area contributed by atoms with Crippen LogP contribution in [0, 0.1) is 6.92 Å². The topological polar surface area (TPSA) is 63.6 Å². The molecule has 26 heavy (non-hydrogen) atoms. The Morgan fingerprint density at radius 1 is 1.38 bits per heavy atom. The number of hydrogen-bond acceptors (Lipinski definition) is 4. The van der Waals surface area contributed by atoms with Crippen LogP contribution in [-0.4, -0.2) is 31.9 Å². The molecule has 0 saturated carbocycles. The lowest BCUT2D eigenvalue weighted by Crippen LogP contribution is -2.30. The highest BCUT2D eigenvalue weighted by Crippen LogP contribution is 2.35. The van der Waals surface area contributed by atoms with E-state index in [4.69, 9.17) is 4.42 Å². The largest absolute Gasteiger partial charge is 0.467 e. The summed E-state index contributed by atoms with van der Waals surface area (Å²) in [4.78, 5) is 18.7. The highest BCUT2D eigenvalue weighted by Gasteiger charge is 2.37. The summed E-state index contributed by atoms with van der Waals surface area (Å²) in [5.41, 5.74) is -0.823. The van der Waals surface area contributed by atoms with Gasteiger partial charge in [-0.2, -0.15) is 18.3 Å². The number of halogens is 3. The van der Waals surface area contributed by atoms with Crippen LogP contribution in [-0.2, 0) is 6.18 Å². The molecule has 3 aromatic heterocycles. The van der Waals surface area contributed by atoms with Gasteiger partial charge in [0.2, 0.25) is 0 Å². The van der Waals surface area contributed by atoms with Crippen LogP contribution in [0.2, 0.25) is 0 Å². The lowest BCUT2D eigenvalue weighted by atomic mass is 10.1. The maximum absolute atomic E-state index is 13.3. The predicted molar refractivity (Wildman–Crippen MR) is 84.4 cm³/mol. The fraction of sp³-hybridized carbons (Fsp3) is 0.353. The average molecular weight is 364 g/mol. The van der Waals surface area contributed by atoms with Crippen LogP contribution in [0.4, 0.5) is 13.2 Å². The molecule has 0 bridgehead atoms. The summed E-state index contributed by atoms with van der Waals surface area (Å²) >= 11 is 0. The zero-order chi connectivity index (χ0) is 18.5. The van der Waals surface area contributed by atoms with E-state index in [1.165, 1.54) is 13.2 Å². The number of hydrogen-bond donors (Lipinski definition) is 0. The van der Waals surface area contributed by atoms with Crippen molar-refractivity contribution in [2.24, 2.45) is 0 Å². The van der Waals surface area contributed by atoms with Crippen molar-refractivity contribution in [1.82, 2.24) is 19.5 Å². The Kier molecular flexibility index (Phi) is 3.74. The Bertz CT molecular complexity index is 962. The molecule has 1 aliphatic heterocycles. The smallest absolute Gasteiger partial charge is 0.433 e. The van der Waals surface area contributed by atoms with E-state index in [-0.39, 0.29) is 22.9 Å². The number of carbonyl (C=O) groups is 1. The van der Waals surface area contributed by atoms with Gasteiger partial charge in [-0.1, -0.05) is 0 Å². The predicted octanol–water partition coefficient (Wildman–Crippen LogP) is 3.63. The third-order valence-corrected chi connectivity index (χ3v) is 4.51. The number of furan rings is 1. The van der Waals surface area contributed by atoms with Crippen molar-refractivity contribution in [2.75, 3.05) is 6.54 Å². The van der Waals surface area contributed by atoms with Crippen LogP contribution in [0.5, 0.6) is 0 Å². The second kappa shape index (κ2) is 5.86. The highest BCUT2D eigenvalue weighted by atomic mass is 19.4. The number of likely N-dealkylation sites (tertiary alicyclic amines) is 1. The van der Waals surface area contributed by atoms with E-state index in [2.05, 4.69) is 10.1 Å². The second-order valence-corrected chi connectivity index (χ2v) is 6.25. The molecule has 9 heteroatoms. The van der Waals surface area contributed by atoms with E-state index < -0.39 is 17.8 Å². The first-order valence-corrected chi connectivity index (χ1v) is 8.13. The van der Waals surface area contributed by atoms with Gasteiger partial charge in [0.05, 0.1) is 18.5 Å². The molecule has 0 spiro atoms. The third-order valence-electron chi connectivity index (χ3n) is 4.51. The zero-order valence-electron chi connectivity index (χ0n) is 13.8. The van der Waals surface area contributed by atoms with Gasteiger partial charge in [-0.25, -0.2) is 9.50 Å². The normalized spacial score (nSPS) is 18.0. The molecule has 1 atom stereocenters. The third kappa shape index (κ3) is 2.63. The summed E-state index contributed by atoms with van der Waals surface area (Å²) in [6, 6.07) is 4.21. The van der Waals surface area contributed by atoms with E-state index in [1.807, 2.05) is 0 Å². The molecular formula is C17H15F3N4O2. The number of amides is 1. The maximum atomic E-state index is 13.3. The zero-order valence-corrected chi connectivity index (χ0v) is 13.8. The Labute approximate surface area is 146 Å². The standard InChI is InChI=1S/C17H15F3N4O2/c1-10-8-14(17(18,19)20)24-15(22-10)11(9-21-24)16(25)23-6-2-4-12(23)13-5-3-7-26-13/h3,5,7-9,12H,2,4,6H2,1H3/t12-/m0/s1. The average Bonchev–Trinajstić information content (AvgIpc) is 3.31. The van der Waals surface area contributed by atoms with Gasteiger partial charge in [-0.15, -0.1) is 0 Å². The summed E-state index contributed by atoms with van der Waals surface area (Å²) in [6.45, 7) is 1.96. The van der Waals surface area contributed by atoms with Crippen LogP contribution >= 0.6 is 0 Å². The number of carbonyl (C=O) groups excluding carboxylic acids is 1. The molecular weight excluding hydrogens is 349 g/mol. The fourth-order valence-corrected chi connectivity index (χ4v) is 3.38. The number of aryl methyl sites for hydroxylation is 1. The first kappa shape index (κ1) is 16.6. The van der Waals surface area contributed by atoms with E-state index in [0.717, 1.165) is 25.1 Å². The molecule has 3 aromatic rings. The first-order valence-electron chi connectivity index (χ1n) is 8.13. The first-order chi connectivity index (χ1) is 12.4. The van der Waals surface area contributed by atoms with Crippen molar-refractivity contribution >= 4 is 11.6 Å². The summed E-state index contributed by atoms with van der Waals surface area (Å²) in [7, 11) is 0. The van der Waals surface area contributed by atoms with E-state index >= 15 is 0 Å². The van der Waals surface area contributed by atoms with Crippen LogP contribution in [0.1, 0.15) is 46.4 Å². The van der Waals surface area contributed by atoms with Gasteiger partial charge in [0.25, 0.3) is 5.91 Å². The Morgan fingerprint density at radius 2 is 2.19 bits per heavy atom. The molecule has 0 N–H and O–H groups in total. The van der Waals surface area contributed by atoms with Crippen molar-refractivity contribution < 1.29 is 22.4 Å². The Balaban J connectivity index is 1.77.